The maximum atomic E-state index is 12.9. The first-order chi connectivity index (χ1) is 18.2. The van der Waals surface area contributed by atoms with Crippen molar-refractivity contribution in [1.82, 2.24) is 0 Å². The maximum absolute atomic E-state index is 12.9. The number of para-hydroxylation sites is 2. The molecule has 0 unspecified atom stereocenters. The molecule has 0 aliphatic heterocycles. The van der Waals surface area contributed by atoms with Crippen molar-refractivity contribution in [1.29, 1.82) is 0 Å². The zero-order valence-corrected chi connectivity index (χ0v) is 25.2. The minimum Gasteiger partial charge on any atom is -0.325 e. The Kier molecular flexibility index (Phi) is 11.7. The number of benzene rings is 2. The minimum atomic E-state index is -0.200. The van der Waals surface area contributed by atoms with Gasteiger partial charge in [-0.2, -0.15) is 0 Å². The van der Waals surface area contributed by atoms with Crippen LogP contribution in [0.5, 0.6) is 0 Å². The molecule has 2 aliphatic rings. The molecule has 2 aromatic carbocycles. The molecule has 0 radical (unpaired) electrons. The van der Waals surface area contributed by atoms with Gasteiger partial charge in [0.05, 0.1) is 11.4 Å². The third kappa shape index (κ3) is 8.54. The van der Waals surface area contributed by atoms with Gasteiger partial charge in [0.15, 0.2) is 0 Å². The Bertz CT molecular complexity index is 1060. The van der Waals surface area contributed by atoms with Gasteiger partial charge >= 0.3 is 0 Å². The quantitative estimate of drug-likeness (QED) is 0.258. The van der Waals surface area contributed by atoms with Crippen molar-refractivity contribution in [3.8, 4) is 0 Å². The summed E-state index contributed by atoms with van der Waals surface area (Å²) in [6, 6.07) is 15.3. The van der Waals surface area contributed by atoms with Gasteiger partial charge in [-0.25, -0.2) is 0 Å². The second kappa shape index (κ2) is 14.5. The van der Waals surface area contributed by atoms with E-state index < -0.39 is 0 Å². The van der Waals surface area contributed by atoms with Crippen molar-refractivity contribution in [3.63, 3.8) is 0 Å². The lowest BCUT2D eigenvalue weighted by Gasteiger charge is -2.36. The van der Waals surface area contributed by atoms with Crippen molar-refractivity contribution in [3.05, 3.63) is 48.5 Å². The monoisotopic (exact) mass is 554 g/mol. The highest BCUT2D eigenvalue weighted by Crippen LogP contribution is 2.42. The predicted molar refractivity (Wildman–Crippen MR) is 165 cm³/mol. The van der Waals surface area contributed by atoms with Crippen LogP contribution < -0.4 is 10.6 Å². The molecule has 38 heavy (non-hydrogen) atoms. The predicted octanol–water partition coefficient (Wildman–Crippen LogP) is 9.18. The van der Waals surface area contributed by atoms with Crippen LogP contribution in [0.3, 0.4) is 0 Å². The molecule has 4 rings (SSSR count). The molecular formula is C32H46N2O2S2. The van der Waals surface area contributed by atoms with E-state index in [2.05, 4.69) is 56.7 Å². The van der Waals surface area contributed by atoms with Crippen molar-refractivity contribution in [2.75, 3.05) is 10.6 Å². The number of hydrogen-bond donors (Lipinski definition) is 4. The maximum Gasteiger partial charge on any atom is 0.230 e. The number of anilines is 2. The summed E-state index contributed by atoms with van der Waals surface area (Å²) in [5.41, 5.74) is 1.28. The largest absolute Gasteiger partial charge is 0.325 e. The smallest absolute Gasteiger partial charge is 0.230 e. The van der Waals surface area contributed by atoms with Crippen LogP contribution >= 0.6 is 25.3 Å². The lowest BCUT2D eigenvalue weighted by atomic mass is 9.69. The van der Waals surface area contributed by atoms with Gasteiger partial charge in [-0.1, -0.05) is 83.6 Å². The number of carbonyl (C=O) groups is 2. The number of amides is 2. The summed E-state index contributed by atoms with van der Waals surface area (Å²) < 4.78 is 0. The Hall–Kier alpha value is -1.92. The summed E-state index contributed by atoms with van der Waals surface area (Å²) in [6.07, 6.45) is 13.4. The SMILES string of the molecule is CC(C)CCC1(C(=O)Nc2ccccc2S)CCCCC1.CC1(C(=O)Nc2ccccc2S)CCCCC1. The van der Waals surface area contributed by atoms with Gasteiger partial charge in [-0.15, -0.1) is 25.3 Å². The van der Waals surface area contributed by atoms with E-state index in [1.165, 1.54) is 25.7 Å². The van der Waals surface area contributed by atoms with Crippen LogP contribution in [0, 0.1) is 16.7 Å². The molecule has 0 heterocycles. The fourth-order valence-electron chi connectivity index (χ4n) is 5.63. The minimum absolute atomic E-state index is 0.138. The summed E-state index contributed by atoms with van der Waals surface area (Å²) in [7, 11) is 0. The van der Waals surface area contributed by atoms with Gasteiger partial charge in [0.2, 0.25) is 11.8 Å². The van der Waals surface area contributed by atoms with Crippen LogP contribution in [0.1, 0.15) is 97.8 Å². The van der Waals surface area contributed by atoms with E-state index in [0.29, 0.717) is 5.92 Å². The van der Waals surface area contributed by atoms with Crippen LogP contribution in [0.4, 0.5) is 11.4 Å². The first kappa shape index (κ1) is 30.6. The Balaban J connectivity index is 0.000000215. The first-order valence-electron chi connectivity index (χ1n) is 14.3. The van der Waals surface area contributed by atoms with Crippen molar-refractivity contribution in [2.24, 2.45) is 16.7 Å². The zero-order chi connectivity index (χ0) is 27.6. The van der Waals surface area contributed by atoms with Crippen molar-refractivity contribution < 1.29 is 9.59 Å². The van der Waals surface area contributed by atoms with E-state index in [9.17, 15) is 9.59 Å². The molecule has 0 atom stereocenters. The molecule has 0 spiro atoms. The number of thiol groups is 2. The number of nitrogens with one attached hydrogen (secondary N) is 2. The number of hydrogen-bond acceptors (Lipinski definition) is 4. The van der Waals surface area contributed by atoms with Crippen LogP contribution in [0.25, 0.3) is 0 Å². The van der Waals surface area contributed by atoms with E-state index in [0.717, 1.165) is 72.5 Å². The van der Waals surface area contributed by atoms with E-state index in [-0.39, 0.29) is 22.6 Å². The van der Waals surface area contributed by atoms with Gasteiger partial charge in [-0.3, -0.25) is 9.59 Å². The molecular weight excluding hydrogens is 508 g/mol. The zero-order valence-electron chi connectivity index (χ0n) is 23.4. The summed E-state index contributed by atoms with van der Waals surface area (Å²) in [4.78, 5) is 26.9. The molecule has 2 amide bonds. The van der Waals surface area contributed by atoms with Crippen molar-refractivity contribution in [2.45, 2.75) is 108 Å². The molecule has 6 heteroatoms. The third-order valence-corrected chi connectivity index (χ3v) is 9.08. The average molecular weight is 555 g/mol. The summed E-state index contributed by atoms with van der Waals surface area (Å²) in [6.45, 7) is 6.54. The fourth-order valence-corrected chi connectivity index (χ4v) is 6.06. The van der Waals surface area contributed by atoms with E-state index in [4.69, 9.17) is 0 Å². The number of carbonyl (C=O) groups excluding carboxylic acids is 2. The number of rotatable bonds is 7. The molecule has 0 aromatic heterocycles. The van der Waals surface area contributed by atoms with Crippen LogP contribution in [-0.2, 0) is 9.59 Å². The topological polar surface area (TPSA) is 58.2 Å². The molecule has 0 saturated heterocycles. The van der Waals surface area contributed by atoms with E-state index in [1.54, 1.807) is 0 Å². The molecule has 0 bridgehead atoms. The van der Waals surface area contributed by atoms with Gasteiger partial charge in [-0.05, 0) is 68.7 Å². The molecule has 208 valence electrons. The standard InChI is InChI=1S/C18H27NOS.C14H19NOS/c1-14(2)10-13-18(11-6-3-7-12-18)17(20)19-15-8-4-5-9-16(15)21;1-14(9-5-2-6-10-14)13(16)15-11-7-3-4-8-12(11)17/h4-5,8-9,14,21H,3,6-7,10-13H2,1-2H3,(H,19,20);3-4,7-8,17H,2,5-6,9-10H2,1H3,(H,15,16). The van der Waals surface area contributed by atoms with Crippen LogP contribution in [0.15, 0.2) is 58.3 Å². The molecule has 2 fully saturated rings. The Labute approximate surface area is 241 Å². The molecule has 2 N–H and O–H groups in total. The molecule has 2 aromatic rings. The highest BCUT2D eigenvalue weighted by molar-refractivity contribution is 7.80. The Morgan fingerprint density at radius 1 is 0.737 bits per heavy atom. The molecule has 2 saturated carbocycles. The average Bonchev–Trinajstić information content (AvgIpc) is 2.91. The van der Waals surface area contributed by atoms with Crippen LogP contribution in [0.2, 0.25) is 0 Å². The van der Waals surface area contributed by atoms with Gasteiger partial charge in [0.1, 0.15) is 0 Å². The highest BCUT2D eigenvalue weighted by Gasteiger charge is 2.39. The molecule has 2 aliphatic carbocycles. The first-order valence-corrected chi connectivity index (χ1v) is 15.2. The van der Waals surface area contributed by atoms with E-state index >= 15 is 0 Å². The van der Waals surface area contributed by atoms with Gasteiger partial charge in [0.25, 0.3) is 0 Å². The second-order valence-electron chi connectivity index (χ2n) is 11.8. The highest BCUT2D eigenvalue weighted by atomic mass is 32.1. The third-order valence-electron chi connectivity index (χ3n) is 8.30. The Morgan fingerprint density at radius 2 is 1.18 bits per heavy atom. The summed E-state index contributed by atoms with van der Waals surface area (Å²) >= 11 is 8.78. The lowest BCUT2D eigenvalue weighted by molar-refractivity contribution is -0.128. The van der Waals surface area contributed by atoms with E-state index in [1.807, 2.05) is 48.5 Å². The lowest BCUT2D eigenvalue weighted by Crippen LogP contribution is -2.38. The Morgan fingerprint density at radius 3 is 1.66 bits per heavy atom. The molecule has 4 nitrogen and oxygen atoms in total. The van der Waals surface area contributed by atoms with Crippen molar-refractivity contribution >= 4 is 48.4 Å². The van der Waals surface area contributed by atoms with Gasteiger partial charge < -0.3 is 10.6 Å². The fraction of sp³-hybridized carbons (Fsp3) is 0.562. The normalized spacial score (nSPS) is 18.2. The summed E-state index contributed by atoms with van der Waals surface area (Å²) in [5.74, 6) is 0.983. The van der Waals surface area contributed by atoms with Crippen LogP contribution in [-0.4, -0.2) is 11.8 Å². The van der Waals surface area contributed by atoms with Gasteiger partial charge in [0, 0.05) is 20.6 Å². The second-order valence-corrected chi connectivity index (χ2v) is 12.8. The summed E-state index contributed by atoms with van der Waals surface area (Å²) in [5, 5.41) is 6.13.